The number of hydrogen-bond donors (Lipinski definition) is 2. The van der Waals surface area contributed by atoms with E-state index < -0.39 is 6.29 Å². The lowest BCUT2D eigenvalue weighted by atomic mass is 9.78. The van der Waals surface area contributed by atoms with Gasteiger partial charge in [0.1, 0.15) is 4.83 Å². The summed E-state index contributed by atoms with van der Waals surface area (Å²) in [6.45, 7) is 6.10. The van der Waals surface area contributed by atoms with Crippen molar-refractivity contribution in [1.29, 1.82) is 0 Å². The maximum absolute atomic E-state index is 13.5. The Bertz CT molecular complexity index is 1410. The van der Waals surface area contributed by atoms with Gasteiger partial charge in [-0.1, -0.05) is 12.1 Å². The Morgan fingerprint density at radius 3 is 2.91 bits per heavy atom. The third kappa shape index (κ3) is 3.33. The second kappa shape index (κ2) is 8.02. The second-order valence-electron chi connectivity index (χ2n) is 9.09. The van der Waals surface area contributed by atoms with E-state index in [9.17, 15) is 9.90 Å². The summed E-state index contributed by atoms with van der Waals surface area (Å²) in [5.74, 6) is 0.666. The molecule has 1 unspecified atom stereocenters. The zero-order valence-corrected chi connectivity index (χ0v) is 19.4. The molecule has 1 spiro atoms. The SMILES string of the molecule is CCOC(O)c1c(=O)c2cnc(N3CCC4(CCNCC4)C3)nc2n2c1sc1ccccc12. The molecule has 9 heteroatoms. The number of fused-ring (bicyclic) bond motifs is 5. The van der Waals surface area contributed by atoms with Crippen molar-refractivity contribution in [1.82, 2.24) is 19.7 Å². The zero-order chi connectivity index (χ0) is 22.6. The summed E-state index contributed by atoms with van der Waals surface area (Å²) in [6, 6.07) is 7.98. The van der Waals surface area contributed by atoms with Gasteiger partial charge in [-0.05, 0) is 56.8 Å². The van der Waals surface area contributed by atoms with Gasteiger partial charge in [0.2, 0.25) is 11.4 Å². The molecular weight excluding hydrogens is 438 g/mol. The molecule has 2 saturated heterocycles. The van der Waals surface area contributed by atoms with Crippen molar-refractivity contribution in [2.24, 2.45) is 5.41 Å². The number of hydrogen-bond acceptors (Lipinski definition) is 8. The summed E-state index contributed by atoms with van der Waals surface area (Å²) in [7, 11) is 0. The van der Waals surface area contributed by atoms with Crippen molar-refractivity contribution in [3.8, 4) is 0 Å². The van der Waals surface area contributed by atoms with E-state index in [2.05, 4.69) is 15.2 Å². The summed E-state index contributed by atoms with van der Waals surface area (Å²) < 4.78 is 8.43. The molecule has 2 fully saturated rings. The van der Waals surface area contributed by atoms with Crippen molar-refractivity contribution in [2.45, 2.75) is 32.5 Å². The van der Waals surface area contributed by atoms with Gasteiger partial charge in [-0.3, -0.25) is 9.20 Å². The van der Waals surface area contributed by atoms with Crippen molar-refractivity contribution in [3.63, 3.8) is 0 Å². The van der Waals surface area contributed by atoms with Crippen LogP contribution < -0.4 is 15.6 Å². The standard InChI is InChI=1S/C24H27N5O3S/c1-2-32-22(31)18-19(30)15-13-26-23(28-12-9-24(14-28)7-10-25-11-8-24)27-20(15)29-16-5-3-4-6-17(16)33-21(18)29/h3-6,13,22,25,31H,2,7-12,14H2,1H3. The van der Waals surface area contributed by atoms with E-state index in [1.807, 2.05) is 28.7 Å². The molecule has 33 heavy (non-hydrogen) atoms. The summed E-state index contributed by atoms with van der Waals surface area (Å²) in [6.07, 6.45) is 3.82. The summed E-state index contributed by atoms with van der Waals surface area (Å²) >= 11 is 1.47. The Hall–Kier alpha value is -2.59. The highest BCUT2D eigenvalue weighted by molar-refractivity contribution is 7.24. The zero-order valence-electron chi connectivity index (χ0n) is 18.6. The van der Waals surface area contributed by atoms with Crippen molar-refractivity contribution < 1.29 is 9.84 Å². The van der Waals surface area contributed by atoms with Gasteiger partial charge in [0.05, 0.1) is 21.2 Å². The van der Waals surface area contributed by atoms with Crippen LogP contribution in [0.2, 0.25) is 0 Å². The number of aliphatic hydroxyl groups is 1. The first-order valence-electron chi connectivity index (χ1n) is 11.6. The molecule has 5 heterocycles. The Morgan fingerprint density at radius 1 is 1.27 bits per heavy atom. The minimum atomic E-state index is -1.30. The molecule has 6 rings (SSSR count). The van der Waals surface area contributed by atoms with E-state index in [0.717, 1.165) is 42.8 Å². The molecule has 1 aromatic carbocycles. The molecule has 172 valence electrons. The highest BCUT2D eigenvalue weighted by atomic mass is 32.1. The van der Waals surface area contributed by atoms with Gasteiger partial charge in [-0.15, -0.1) is 11.3 Å². The minimum absolute atomic E-state index is 0.247. The molecule has 0 aliphatic carbocycles. The average Bonchev–Trinajstić information content (AvgIpc) is 3.41. The van der Waals surface area contributed by atoms with Crippen molar-refractivity contribution in [2.75, 3.05) is 37.7 Å². The Labute approximate surface area is 194 Å². The molecule has 3 aromatic heterocycles. The number of para-hydroxylation sites is 1. The smallest absolute Gasteiger partial charge is 0.227 e. The lowest BCUT2D eigenvalue weighted by Gasteiger charge is -2.33. The number of aromatic nitrogens is 3. The molecule has 2 aliphatic rings. The second-order valence-corrected chi connectivity index (χ2v) is 10.1. The largest absolute Gasteiger partial charge is 0.364 e. The maximum Gasteiger partial charge on any atom is 0.227 e. The van der Waals surface area contributed by atoms with Gasteiger partial charge >= 0.3 is 0 Å². The highest BCUT2D eigenvalue weighted by Gasteiger charge is 2.39. The number of pyridine rings is 1. The number of nitrogens with one attached hydrogen (secondary N) is 1. The van der Waals surface area contributed by atoms with Crippen molar-refractivity contribution >= 4 is 43.4 Å². The molecule has 8 nitrogen and oxygen atoms in total. The Balaban J connectivity index is 1.55. The Morgan fingerprint density at radius 2 is 2.09 bits per heavy atom. The van der Waals surface area contributed by atoms with E-state index in [-0.39, 0.29) is 11.0 Å². The minimum Gasteiger partial charge on any atom is -0.364 e. The van der Waals surface area contributed by atoms with Crippen LogP contribution in [0.25, 0.3) is 26.1 Å². The summed E-state index contributed by atoms with van der Waals surface area (Å²) in [5, 5.41) is 14.5. The molecule has 0 bridgehead atoms. The van der Waals surface area contributed by atoms with Crippen LogP contribution in [0.15, 0.2) is 35.3 Å². The van der Waals surface area contributed by atoms with Gasteiger partial charge < -0.3 is 20.1 Å². The van der Waals surface area contributed by atoms with Gasteiger partial charge in [0.25, 0.3) is 0 Å². The fourth-order valence-electron chi connectivity index (χ4n) is 5.39. The number of anilines is 1. The van der Waals surface area contributed by atoms with Crippen LogP contribution in [-0.4, -0.2) is 52.3 Å². The summed E-state index contributed by atoms with van der Waals surface area (Å²) in [4.78, 5) is 25.9. The third-order valence-corrected chi connectivity index (χ3v) is 8.32. The molecular formula is C24H27N5O3S. The number of benzene rings is 1. The van der Waals surface area contributed by atoms with Crippen molar-refractivity contribution in [3.05, 3.63) is 46.2 Å². The first-order valence-corrected chi connectivity index (χ1v) is 12.4. The van der Waals surface area contributed by atoms with E-state index >= 15 is 0 Å². The third-order valence-electron chi connectivity index (χ3n) is 7.16. The molecule has 1 atom stereocenters. The quantitative estimate of drug-likeness (QED) is 0.448. The highest BCUT2D eigenvalue weighted by Crippen LogP contribution is 2.40. The van der Waals surface area contributed by atoms with E-state index in [4.69, 9.17) is 9.72 Å². The predicted molar refractivity (Wildman–Crippen MR) is 130 cm³/mol. The molecule has 0 saturated carbocycles. The number of piperidine rings is 1. The van der Waals surface area contributed by atoms with Crippen LogP contribution in [0.5, 0.6) is 0 Å². The fraction of sp³-hybridized carbons (Fsp3) is 0.458. The fourth-order valence-corrected chi connectivity index (χ4v) is 6.59. The van der Waals surface area contributed by atoms with E-state index in [1.54, 1.807) is 13.1 Å². The van der Waals surface area contributed by atoms with Crippen LogP contribution >= 0.6 is 11.3 Å². The maximum atomic E-state index is 13.5. The Kier molecular flexibility index (Phi) is 5.10. The van der Waals surface area contributed by atoms with Crippen LogP contribution in [-0.2, 0) is 4.74 Å². The molecule has 0 amide bonds. The van der Waals surface area contributed by atoms with Gasteiger partial charge in [-0.25, -0.2) is 4.98 Å². The van der Waals surface area contributed by atoms with Gasteiger partial charge in [-0.2, -0.15) is 4.98 Å². The normalized spacial score (nSPS) is 19.3. The van der Waals surface area contributed by atoms with Crippen LogP contribution in [0.1, 0.15) is 38.0 Å². The van der Waals surface area contributed by atoms with Crippen LogP contribution in [0.4, 0.5) is 5.95 Å². The lowest BCUT2D eigenvalue weighted by molar-refractivity contribution is -0.0975. The van der Waals surface area contributed by atoms with E-state index in [0.29, 0.717) is 33.8 Å². The number of nitrogens with zero attached hydrogens (tertiary/aromatic N) is 4. The van der Waals surface area contributed by atoms with Gasteiger partial charge in [0, 0.05) is 25.9 Å². The van der Waals surface area contributed by atoms with Crippen LogP contribution in [0, 0.1) is 5.41 Å². The van der Waals surface area contributed by atoms with Gasteiger partial charge in [0.15, 0.2) is 11.9 Å². The molecule has 4 aromatic rings. The number of thiazole rings is 1. The van der Waals surface area contributed by atoms with Crippen LogP contribution in [0.3, 0.4) is 0 Å². The molecule has 0 radical (unpaired) electrons. The predicted octanol–water partition coefficient (Wildman–Crippen LogP) is 3.06. The topological polar surface area (TPSA) is 92.0 Å². The summed E-state index contributed by atoms with van der Waals surface area (Å²) in [5.41, 5.74) is 1.83. The number of aliphatic hydroxyl groups excluding tert-OH is 1. The molecule has 2 N–H and O–H groups in total. The molecule has 2 aliphatic heterocycles. The number of ether oxygens (including phenoxy) is 1. The first-order chi connectivity index (χ1) is 16.1. The first kappa shape index (κ1) is 21.0. The van der Waals surface area contributed by atoms with E-state index in [1.165, 1.54) is 24.2 Å². The average molecular weight is 466 g/mol. The number of rotatable bonds is 4. The lowest BCUT2D eigenvalue weighted by Crippen LogP contribution is -2.38. The monoisotopic (exact) mass is 465 g/mol.